The maximum atomic E-state index is 11.9. The van der Waals surface area contributed by atoms with Crippen LogP contribution in [0.5, 0.6) is 0 Å². The van der Waals surface area contributed by atoms with Crippen molar-refractivity contribution >= 4 is 43.2 Å². The SMILES string of the molecule is CC1(C)C(/C=C/C=C/C=C2/Nc3ccc(S(=O)(=O)O)cc3C2(C)C)=[N+](CCCCCC(=O)NN)c2ccc(S(=O)(=O)O)cc21. The first kappa shape index (κ1) is 33.3. The molecule has 0 saturated heterocycles. The van der Waals surface area contributed by atoms with E-state index in [2.05, 4.69) is 15.3 Å². The van der Waals surface area contributed by atoms with E-state index in [1.54, 1.807) is 12.1 Å². The van der Waals surface area contributed by atoms with Gasteiger partial charge in [0.25, 0.3) is 20.2 Å². The number of carbonyl (C=O) groups is 1. The zero-order valence-corrected chi connectivity index (χ0v) is 26.8. The van der Waals surface area contributed by atoms with Crippen molar-refractivity contribution < 1.29 is 35.3 Å². The van der Waals surface area contributed by atoms with Gasteiger partial charge < -0.3 is 5.32 Å². The van der Waals surface area contributed by atoms with Crippen molar-refractivity contribution in [2.24, 2.45) is 5.84 Å². The Bertz CT molecular complexity index is 1820. The quantitative estimate of drug-likeness (QED) is 0.0448. The molecule has 2 heterocycles. The van der Waals surface area contributed by atoms with Crippen LogP contribution in [0.2, 0.25) is 0 Å². The summed E-state index contributed by atoms with van der Waals surface area (Å²) in [6, 6.07) is 9.10. The Balaban J connectivity index is 1.59. The summed E-state index contributed by atoms with van der Waals surface area (Å²) in [5.74, 6) is 4.95. The molecule has 6 N–H and O–H groups in total. The van der Waals surface area contributed by atoms with Crippen LogP contribution in [-0.4, -0.2) is 48.7 Å². The third kappa shape index (κ3) is 6.87. The van der Waals surface area contributed by atoms with E-state index in [1.807, 2.05) is 58.1 Å². The average molecular weight is 644 g/mol. The molecule has 44 heavy (non-hydrogen) atoms. The molecule has 0 saturated carbocycles. The number of nitrogens with zero attached hydrogens (tertiary/aromatic N) is 1. The van der Waals surface area contributed by atoms with Gasteiger partial charge in [-0.2, -0.15) is 21.4 Å². The molecule has 0 aliphatic carbocycles. The van der Waals surface area contributed by atoms with E-state index in [0.29, 0.717) is 19.4 Å². The van der Waals surface area contributed by atoms with Crippen LogP contribution in [0.15, 0.2) is 82.3 Å². The number of hydrogen-bond acceptors (Lipinski definition) is 7. The topological polar surface area (TPSA) is 179 Å². The molecule has 2 aliphatic rings. The fraction of sp³-hybridized carbons (Fsp3) is 0.355. The van der Waals surface area contributed by atoms with E-state index in [0.717, 1.165) is 46.8 Å². The molecule has 2 aliphatic heterocycles. The minimum absolute atomic E-state index is 0.155. The molecule has 0 bridgehead atoms. The summed E-state index contributed by atoms with van der Waals surface area (Å²) < 4.78 is 68.3. The van der Waals surface area contributed by atoms with Crippen LogP contribution >= 0.6 is 0 Å². The van der Waals surface area contributed by atoms with Gasteiger partial charge >= 0.3 is 0 Å². The van der Waals surface area contributed by atoms with E-state index in [-0.39, 0.29) is 15.7 Å². The number of benzene rings is 2. The second-order valence-electron chi connectivity index (χ2n) is 12.0. The zero-order chi connectivity index (χ0) is 32.5. The van der Waals surface area contributed by atoms with Gasteiger partial charge in [0.2, 0.25) is 11.6 Å². The van der Waals surface area contributed by atoms with Crippen molar-refractivity contribution in [2.45, 2.75) is 74.0 Å². The van der Waals surface area contributed by atoms with Crippen LogP contribution < -0.4 is 16.6 Å². The lowest BCUT2D eigenvalue weighted by molar-refractivity contribution is -0.438. The van der Waals surface area contributed by atoms with E-state index in [4.69, 9.17) is 5.84 Å². The first-order chi connectivity index (χ1) is 20.5. The molecule has 2 aromatic rings. The number of anilines is 1. The van der Waals surface area contributed by atoms with Crippen molar-refractivity contribution in [1.82, 2.24) is 5.43 Å². The lowest BCUT2D eigenvalue weighted by atomic mass is 9.81. The molecular formula is C31H39N4O7S2+. The Morgan fingerprint density at radius 2 is 1.52 bits per heavy atom. The van der Waals surface area contributed by atoms with Gasteiger partial charge in [-0.25, -0.2) is 5.84 Å². The van der Waals surface area contributed by atoms with Gasteiger partial charge in [-0.3, -0.25) is 19.3 Å². The van der Waals surface area contributed by atoms with E-state index < -0.39 is 31.1 Å². The third-order valence-electron chi connectivity index (χ3n) is 8.25. The minimum atomic E-state index is -4.38. The largest absolute Gasteiger partial charge is 0.358 e. The molecule has 0 spiro atoms. The highest BCUT2D eigenvalue weighted by atomic mass is 32.2. The summed E-state index contributed by atoms with van der Waals surface area (Å²) in [5.41, 5.74) is 5.99. The van der Waals surface area contributed by atoms with Crippen LogP contribution in [0.3, 0.4) is 0 Å². The summed E-state index contributed by atoms with van der Waals surface area (Å²) in [5, 5.41) is 3.32. The minimum Gasteiger partial charge on any atom is -0.358 e. The Morgan fingerprint density at radius 1 is 0.886 bits per heavy atom. The Labute approximate surface area is 258 Å². The number of nitrogens with two attached hydrogens (primary N) is 1. The van der Waals surface area contributed by atoms with Crippen LogP contribution in [0.1, 0.15) is 64.5 Å². The molecule has 236 valence electrons. The van der Waals surface area contributed by atoms with E-state index >= 15 is 0 Å². The predicted octanol–water partition coefficient (Wildman–Crippen LogP) is 4.51. The molecule has 0 radical (unpaired) electrons. The van der Waals surface area contributed by atoms with Crippen LogP contribution in [-0.2, 0) is 35.9 Å². The normalized spacial score (nSPS) is 18.2. The van der Waals surface area contributed by atoms with Crippen LogP contribution in [0, 0.1) is 0 Å². The summed E-state index contributed by atoms with van der Waals surface area (Å²) in [6.07, 6.45) is 12.1. The van der Waals surface area contributed by atoms with Gasteiger partial charge in [0.1, 0.15) is 6.54 Å². The summed E-state index contributed by atoms with van der Waals surface area (Å²) in [6.45, 7) is 8.56. The first-order valence-corrected chi connectivity index (χ1v) is 17.1. The molecule has 0 unspecified atom stereocenters. The highest BCUT2D eigenvalue weighted by Crippen LogP contribution is 2.44. The van der Waals surface area contributed by atoms with Gasteiger partial charge in [-0.05, 0) is 68.7 Å². The lowest BCUT2D eigenvalue weighted by Crippen LogP contribution is -2.29. The number of fused-ring (bicyclic) bond motifs is 2. The second kappa shape index (κ2) is 12.4. The maximum Gasteiger partial charge on any atom is 0.294 e. The monoisotopic (exact) mass is 643 g/mol. The lowest BCUT2D eigenvalue weighted by Gasteiger charge is -2.20. The summed E-state index contributed by atoms with van der Waals surface area (Å²) in [7, 11) is -8.70. The Kier molecular flexibility index (Phi) is 9.38. The van der Waals surface area contributed by atoms with E-state index in [9.17, 15) is 30.7 Å². The number of hydrazine groups is 1. The number of carbonyl (C=O) groups excluding carboxylic acids is 1. The molecule has 1 amide bonds. The van der Waals surface area contributed by atoms with Gasteiger partial charge in [0, 0.05) is 47.3 Å². The summed E-state index contributed by atoms with van der Waals surface area (Å²) in [4.78, 5) is 11.2. The number of nitrogens with one attached hydrogen (secondary N) is 2. The fourth-order valence-electron chi connectivity index (χ4n) is 5.73. The molecule has 2 aromatic carbocycles. The number of rotatable bonds is 11. The predicted molar refractivity (Wildman–Crippen MR) is 169 cm³/mol. The number of hydrogen-bond donors (Lipinski definition) is 5. The average Bonchev–Trinajstić information content (AvgIpc) is 3.32. The molecule has 13 heteroatoms. The molecule has 4 rings (SSSR count). The van der Waals surface area contributed by atoms with Crippen molar-refractivity contribution in [2.75, 3.05) is 11.9 Å². The molecule has 0 aromatic heterocycles. The smallest absolute Gasteiger partial charge is 0.294 e. The second-order valence-corrected chi connectivity index (χ2v) is 14.8. The number of allylic oxidation sites excluding steroid dienone is 6. The highest BCUT2D eigenvalue weighted by molar-refractivity contribution is 7.86. The zero-order valence-electron chi connectivity index (χ0n) is 25.2. The fourth-order valence-corrected chi connectivity index (χ4v) is 6.74. The van der Waals surface area contributed by atoms with Crippen molar-refractivity contribution in [3.63, 3.8) is 0 Å². The number of unbranched alkanes of at least 4 members (excludes halogenated alkanes) is 2. The van der Waals surface area contributed by atoms with Crippen LogP contribution in [0.25, 0.3) is 0 Å². The van der Waals surface area contributed by atoms with Gasteiger partial charge in [-0.15, -0.1) is 0 Å². The van der Waals surface area contributed by atoms with Crippen molar-refractivity contribution in [3.05, 3.63) is 83.6 Å². The molecule has 0 atom stereocenters. The summed E-state index contributed by atoms with van der Waals surface area (Å²) >= 11 is 0. The maximum absolute atomic E-state index is 11.9. The molecular weight excluding hydrogens is 604 g/mol. The highest BCUT2D eigenvalue weighted by Gasteiger charge is 2.44. The van der Waals surface area contributed by atoms with Gasteiger partial charge in [0.15, 0.2) is 5.71 Å². The number of amides is 1. The molecule has 0 fully saturated rings. The third-order valence-corrected chi connectivity index (χ3v) is 9.95. The Morgan fingerprint density at radius 3 is 2.16 bits per heavy atom. The van der Waals surface area contributed by atoms with Gasteiger partial charge in [0.05, 0.1) is 15.2 Å². The first-order valence-electron chi connectivity index (χ1n) is 14.2. The van der Waals surface area contributed by atoms with Crippen molar-refractivity contribution in [3.8, 4) is 0 Å². The van der Waals surface area contributed by atoms with Gasteiger partial charge in [-0.1, -0.05) is 32.1 Å². The standard InChI is InChI=1S/C31H38N4O7S2/c1-30(2)23-19-21(43(37,38)39)14-16-25(23)33-27(30)11-7-5-8-12-28-31(3,4)24-20-22(44(40,41)42)15-17-26(24)35(28)18-10-6-9-13-29(36)34-32/h5,7-8,11-12,14-17,19-20H,6,9-10,13,18,32H2,1-4H3,(H3,34,36,37,38,39,40,41,42)/p+1. The van der Waals surface area contributed by atoms with E-state index in [1.165, 1.54) is 24.3 Å². The van der Waals surface area contributed by atoms with Crippen LogP contribution in [0.4, 0.5) is 11.4 Å². The van der Waals surface area contributed by atoms with Crippen molar-refractivity contribution in [1.29, 1.82) is 0 Å². The Hall–Kier alpha value is -3.62. The molecule has 11 nitrogen and oxygen atoms in total.